The van der Waals surface area contributed by atoms with Crippen molar-refractivity contribution in [3.8, 4) is 11.5 Å². The fourth-order valence-corrected chi connectivity index (χ4v) is 3.23. The lowest BCUT2D eigenvalue weighted by Crippen LogP contribution is -2.92. The van der Waals surface area contributed by atoms with Gasteiger partial charge in [-0.15, -0.1) is 0 Å². The van der Waals surface area contributed by atoms with Gasteiger partial charge in [-0.2, -0.15) is 0 Å². The SMILES string of the molecule is COc1ccc(OCCC[NH2+][C@@H]2CCC[C@@H](C)[C@@H]2C)cc1. The zero-order valence-electron chi connectivity index (χ0n) is 13.7. The molecule has 0 aromatic heterocycles. The molecule has 118 valence electrons. The fourth-order valence-electron chi connectivity index (χ4n) is 3.23. The first-order valence-electron chi connectivity index (χ1n) is 8.31. The quantitative estimate of drug-likeness (QED) is 0.784. The van der Waals surface area contributed by atoms with Crippen LogP contribution in [0.5, 0.6) is 11.5 Å². The normalized spacial score (nSPS) is 25.6. The maximum absolute atomic E-state index is 5.77. The topological polar surface area (TPSA) is 35.1 Å². The van der Waals surface area contributed by atoms with E-state index < -0.39 is 0 Å². The number of benzene rings is 1. The number of nitrogens with two attached hydrogens (primary N) is 1. The van der Waals surface area contributed by atoms with E-state index in [1.807, 2.05) is 24.3 Å². The maximum atomic E-state index is 5.77. The molecule has 3 nitrogen and oxygen atoms in total. The van der Waals surface area contributed by atoms with E-state index in [0.29, 0.717) is 0 Å². The number of methoxy groups -OCH3 is 1. The molecule has 3 heteroatoms. The minimum absolute atomic E-state index is 0.791. The lowest BCUT2D eigenvalue weighted by Gasteiger charge is -2.32. The molecule has 0 radical (unpaired) electrons. The van der Waals surface area contributed by atoms with E-state index in [0.717, 1.165) is 48.9 Å². The summed E-state index contributed by atoms with van der Waals surface area (Å²) in [6, 6.07) is 8.62. The van der Waals surface area contributed by atoms with Gasteiger partial charge in [0.2, 0.25) is 0 Å². The predicted octanol–water partition coefficient (Wildman–Crippen LogP) is 2.85. The summed E-state index contributed by atoms with van der Waals surface area (Å²) in [5.74, 6) is 3.53. The van der Waals surface area contributed by atoms with E-state index >= 15 is 0 Å². The Labute approximate surface area is 129 Å². The highest BCUT2D eigenvalue weighted by molar-refractivity contribution is 5.31. The summed E-state index contributed by atoms with van der Waals surface area (Å²) < 4.78 is 10.9. The smallest absolute Gasteiger partial charge is 0.119 e. The van der Waals surface area contributed by atoms with Crippen molar-refractivity contribution < 1.29 is 14.8 Å². The van der Waals surface area contributed by atoms with Gasteiger partial charge in [0.15, 0.2) is 0 Å². The Kier molecular flexibility index (Phi) is 6.37. The van der Waals surface area contributed by atoms with Crippen molar-refractivity contribution in [3.63, 3.8) is 0 Å². The lowest BCUT2D eigenvalue weighted by molar-refractivity contribution is -0.699. The molecule has 3 atom stereocenters. The molecule has 1 aliphatic rings. The van der Waals surface area contributed by atoms with Gasteiger partial charge in [0, 0.05) is 12.3 Å². The summed E-state index contributed by atoms with van der Waals surface area (Å²) in [5.41, 5.74) is 0. The molecular formula is C18H30NO2+. The van der Waals surface area contributed by atoms with Crippen LogP contribution in [0.25, 0.3) is 0 Å². The van der Waals surface area contributed by atoms with E-state index in [9.17, 15) is 0 Å². The number of quaternary nitrogens is 1. The standard InChI is InChI=1S/C18H29NO2/c1-14-6-4-7-18(15(14)2)19-12-5-13-21-17-10-8-16(20-3)9-11-17/h8-11,14-15,18-19H,4-7,12-13H2,1-3H3/p+1/t14-,15+,18-/m1/s1. The first-order chi connectivity index (χ1) is 10.2. The van der Waals surface area contributed by atoms with E-state index in [1.165, 1.54) is 19.3 Å². The van der Waals surface area contributed by atoms with Gasteiger partial charge in [-0.25, -0.2) is 0 Å². The Morgan fingerprint density at radius 3 is 2.52 bits per heavy atom. The highest BCUT2D eigenvalue weighted by Gasteiger charge is 2.29. The summed E-state index contributed by atoms with van der Waals surface area (Å²) >= 11 is 0. The second-order valence-electron chi connectivity index (χ2n) is 6.33. The van der Waals surface area contributed by atoms with E-state index in [1.54, 1.807) is 7.11 Å². The van der Waals surface area contributed by atoms with Crippen molar-refractivity contribution in [1.82, 2.24) is 0 Å². The van der Waals surface area contributed by atoms with Crippen LogP contribution in [-0.4, -0.2) is 26.3 Å². The molecule has 2 N–H and O–H groups in total. The molecule has 0 heterocycles. The minimum Gasteiger partial charge on any atom is -0.497 e. The van der Waals surface area contributed by atoms with Gasteiger partial charge in [-0.3, -0.25) is 0 Å². The fraction of sp³-hybridized carbons (Fsp3) is 0.667. The van der Waals surface area contributed by atoms with Crippen molar-refractivity contribution in [2.75, 3.05) is 20.3 Å². The highest BCUT2D eigenvalue weighted by Crippen LogP contribution is 2.27. The molecule has 0 aliphatic heterocycles. The largest absolute Gasteiger partial charge is 0.497 e. The van der Waals surface area contributed by atoms with Crippen LogP contribution in [0, 0.1) is 11.8 Å². The third kappa shape index (κ3) is 4.92. The Hall–Kier alpha value is -1.22. The van der Waals surface area contributed by atoms with Crippen molar-refractivity contribution in [1.29, 1.82) is 0 Å². The van der Waals surface area contributed by atoms with E-state index in [-0.39, 0.29) is 0 Å². The second kappa shape index (κ2) is 8.28. The molecule has 1 fully saturated rings. The average Bonchev–Trinajstić information content (AvgIpc) is 2.51. The molecule has 0 spiro atoms. The Morgan fingerprint density at radius 1 is 1.10 bits per heavy atom. The zero-order chi connectivity index (χ0) is 15.1. The number of ether oxygens (including phenoxy) is 2. The van der Waals surface area contributed by atoms with Gasteiger partial charge in [0.1, 0.15) is 11.5 Å². The molecule has 1 aromatic carbocycles. The number of hydrogen-bond donors (Lipinski definition) is 1. The van der Waals surface area contributed by atoms with Crippen LogP contribution in [0.3, 0.4) is 0 Å². The third-order valence-electron chi connectivity index (χ3n) is 4.92. The van der Waals surface area contributed by atoms with Crippen molar-refractivity contribution in [2.24, 2.45) is 11.8 Å². The van der Waals surface area contributed by atoms with Crippen LogP contribution in [0.4, 0.5) is 0 Å². The first-order valence-corrected chi connectivity index (χ1v) is 8.31. The molecule has 0 unspecified atom stereocenters. The van der Waals surface area contributed by atoms with Crippen LogP contribution < -0.4 is 14.8 Å². The van der Waals surface area contributed by atoms with Gasteiger partial charge in [0.25, 0.3) is 0 Å². The van der Waals surface area contributed by atoms with Crippen LogP contribution in [-0.2, 0) is 0 Å². The lowest BCUT2D eigenvalue weighted by atomic mass is 9.78. The van der Waals surface area contributed by atoms with Crippen LogP contribution in [0.2, 0.25) is 0 Å². The predicted molar refractivity (Wildman–Crippen MR) is 85.9 cm³/mol. The monoisotopic (exact) mass is 292 g/mol. The molecule has 1 aliphatic carbocycles. The van der Waals surface area contributed by atoms with Crippen LogP contribution in [0.1, 0.15) is 39.5 Å². The third-order valence-corrected chi connectivity index (χ3v) is 4.92. The van der Waals surface area contributed by atoms with Crippen molar-refractivity contribution in [3.05, 3.63) is 24.3 Å². The van der Waals surface area contributed by atoms with Crippen LogP contribution in [0.15, 0.2) is 24.3 Å². The molecule has 0 amide bonds. The van der Waals surface area contributed by atoms with Crippen LogP contribution >= 0.6 is 0 Å². The molecule has 0 saturated heterocycles. The van der Waals surface area contributed by atoms with E-state index in [4.69, 9.17) is 9.47 Å². The average molecular weight is 292 g/mol. The number of rotatable bonds is 7. The summed E-state index contributed by atoms with van der Waals surface area (Å²) in [6.45, 7) is 6.77. The molecule has 1 saturated carbocycles. The first kappa shape index (κ1) is 16.2. The molecule has 1 aromatic rings. The minimum atomic E-state index is 0.791. The highest BCUT2D eigenvalue weighted by atomic mass is 16.5. The Balaban J connectivity index is 1.61. The van der Waals surface area contributed by atoms with Gasteiger partial charge < -0.3 is 14.8 Å². The summed E-state index contributed by atoms with van der Waals surface area (Å²) in [7, 11) is 1.68. The summed E-state index contributed by atoms with van der Waals surface area (Å²) in [6.07, 6.45) is 5.29. The van der Waals surface area contributed by atoms with Gasteiger partial charge >= 0.3 is 0 Å². The molecule has 21 heavy (non-hydrogen) atoms. The molecular weight excluding hydrogens is 262 g/mol. The number of hydrogen-bond acceptors (Lipinski definition) is 2. The van der Waals surface area contributed by atoms with Crippen molar-refractivity contribution in [2.45, 2.75) is 45.6 Å². The van der Waals surface area contributed by atoms with Gasteiger partial charge in [-0.1, -0.05) is 13.8 Å². The van der Waals surface area contributed by atoms with Gasteiger partial charge in [-0.05, 0) is 49.4 Å². The molecule has 2 rings (SSSR count). The van der Waals surface area contributed by atoms with Gasteiger partial charge in [0.05, 0.1) is 26.3 Å². The zero-order valence-corrected chi connectivity index (χ0v) is 13.7. The maximum Gasteiger partial charge on any atom is 0.119 e. The van der Waals surface area contributed by atoms with Crippen molar-refractivity contribution >= 4 is 0 Å². The second-order valence-corrected chi connectivity index (χ2v) is 6.33. The summed E-state index contributed by atoms with van der Waals surface area (Å²) in [4.78, 5) is 0. The Bertz CT molecular complexity index is 404. The summed E-state index contributed by atoms with van der Waals surface area (Å²) in [5, 5.41) is 2.54. The van der Waals surface area contributed by atoms with E-state index in [2.05, 4.69) is 19.2 Å². The molecule has 0 bridgehead atoms. The Morgan fingerprint density at radius 2 is 1.81 bits per heavy atom.